The number of rotatable bonds is 4. The Bertz CT molecular complexity index is 521. The molecule has 0 unspecified atom stereocenters. The molecule has 2 aromatic rings. The normalized spacial score (nSPS) is 10.2. The van der Waals surface area contributed by atoms with E-state index in [1.807, 2.05) is 6.92 Å². The molecular formula is C9H11N5O2S. The Morgan fingerprint density at radius 3 is 2.94 bits per heavy atom. The second-order valence-corrected chi connectivity index (χ2v) is 4.26. The van der Waals surface area contributed by atoms with Crippen molar-refractivity contribution in [1.29, 1.82) is 0 Å². The van der Waals surface area contributed by atoms with Crippen molar-refractivity contribution in [1.82, 2.24) is 20.7 Å². The van der Waals surface area contributed by atoms with Crippen LogP contribution in [0.3, 0.4) is 0 Å². The first kappa shape index (κ1) is 11.5. The van der Waals surface area contributed by atoms with Crippen molar-refractivity contribution in [2.24, 2.45) is 0 Å². The average molecular weight is 253 g/mol. The van der Waals surface area contributed by atoms with Crippen molar-refractivity contribution in [2.45, 2.75) is 13.5 Å². The van der Waals surface area contributed by atoms with Crippen molar-refractivity contribution < 1.29 is 9.32 Å². The Morgan fingerprint density at radius 2 is 2.35 bits per heavy atom. The lowest BCUT2D eigenvalue weighted by Crippen LogP contribution is -2.22. The van der Waals surface area contributed by atoms with E-state index >= 15 is 0 Å². The van der Waals surface area contributed by atoms with Crippen LogP contribution in [-0.4, -0.2) is 28.3 Å². The third-order valence-corrected chi connectivity index (χ3v) is 2.87. The fourth-order valence-corrected chi connectivity index (χ4v) is 1.77. The largest absolute Gasteiger partial charge is 0.363 e. The molecule has 0 saturated heterocycles. The highest BCUT2D eigenvalue weighted by Gasteiger charge is 2.12. The third kappa shape index (κ3) is 2.78. The van der Waals surface area contributed by atoms with Crippen LogP contribution in [0.1, 0.15) is 21.3 Å². The summed E-state index contributed by atoms with van der Waals surface area (Å²) in [6.45, 7) is 2.10. The summed E-state index contributed by atoms with van der Waals surface area (Å²) in [4.78, 5) is 11.7. The van der Waals surface area contributed by atoms with Gasteiger partial charge in [-0.05, 0) is 6.92 Å². The van der Waals surface area contributed by atoms with Gasteiger partial charge in [0.25, 0.3) is 5.91 Å². The van der Waals surface area contributed by atoms with Gasteiger partial charge in [-0.15, -0.1) is 10.2 Å². The van der Waals surface area contributed by atoms with Crippen LogP contribution in [0.25, 0.3) is 0 Å². The highest BCUT2D eigenvalue weighted by molar-refractivity contribution is 7.17. The Morgan fingerprint density at radius 1 is 1.53 bits per heavy atom. The predicted molar refractivity (Wildman–Crippen MR) is 61.9 cm³/mol. The molecule has 2 aromatic heterocycles. The second-order valence-electron chi connectivity index (χ2n) is 3.28. The highest BCUT2D eigenvalue weighted by atomic mass is 32.1. The molecule has 0 aliphatic rings. The molecule has 0 aliphatic heterocycles. The van der Waals surface area contributed by atoms with Crippen LogP contribution in [-0.2, 0) is 6.54 Å². The molecule has 0 fully saturated rings. The molecule has 90 valence electrons. The maximum absolute atomic E-state index is 11.7. The molecule has 1 amide bonds. The third-order valence-electron chi connectivity index (χ3n) is 1.93. The second kappa shape index (κ2) is 4.91. The molecule has 0 spiro atoms. The van der Waals surface area contributed by atoms with Crippen LogP contribution >= 0.6 is 11.3 Å². The summed E-state index contributed by atoms with van der Waals surface area (Å²) in [5, 5.41) is 17.7. The van der Waals surface area contributed by atoms with Crippen LogP contribution in [0.4, 0.5) is 5.13 Å². The van der Waals surface area contributed by atoms with Crippen LogP contribution in [0.5, 0.6) is 0 Å². The van der Waals surface area contributed by atoms with Gasteiger partial charge in [0.15, 0.2) is 5.76 Å². The summed E-state index contributed by atoms with van der Waals surface area (Å²) >= 11 is 1.19. The van der Waals surface area contributed by atoms with Gasteiger partial charge in [0.2, 0.25) is 10.1 Å². The van der Waals surface area contributed by atoms with Gasteiger partial charge in [0.05, 0.1) is 12.2 Å². The first-order chi connectivity index (χ1) is 8.19. The van der Waals surface area contributed by atoms with E-state index in [1.54, 1.807) is 13.1 Å². The van der Waals surface area contributed by atoms with Gasteiger partial charge in [0.1, 0.15) is 0 Å². The van der Waals surface area contributed by atoms with Gasteiger partial charge >= 0.3 is 0 Å². The van der Waals surface area contributed by atoms with E-state index in [-0.39, 0.29) is 12.5 Å². The summed E-state index contributed by atoms with van der Waals surface area (Å²) < 4.78 is 4.97. The van der Waals surface area contributed by atoms with E-state index in [1.165, 1.54) is 11.3 Å². The fourth-order valence-electron chi connectivity index (χ4n) is 1.16. The molecule has 2 rings (SSSR count). The molecule has 0 radical (unpaired) electrons. The highest BCUT2D eigenvalue weighted by Crippen LogP contribution is 2.13. The monoisotopic (exact) mass is 253 g/mol. The molecule has 17 heavy (non-hydrogen) atoms. The lowest BCUT2D eigenvalue weighted by Gasteiger charge is -1.97. The number of aryl methyl sites for hydroxylation is 1. The summed E-state index contributed by atoms with van der Waals surface area (Å²) in [6.07, 6.45) is 0. The topological polar surface area (TPSA) is 92.9 Å². The minimum absolute atomic E-state index is 0.280. The van der Waals surface area contributed by atoms with Crippen LogP contribution in [0.15, 0.2) is 10.6 Å². The van der Waals surface area contributed by atoms with E-state index in [4.69, 9.17) is 4.52 Å². The van der Waals surface area contributed by atoms with Crippen LogP contribution in [0, 0.1) is 6.92 Å². The summed E-state index contributed by atoms with van der Waals surface area (Å²) in [5.74, 6) is 0.326. The molecule has 7 nitrogen and oxygen atoms in total. The number of carbonyl (C=O) groups is 1. The number of nitrogens with one attached hydrogen (secondary N) is 2. The maximum Gasteiger partial charge on any atom is 0.282 e. The Balaban J connectivity index is 1.93. The summed E-state index contributed by atoms with van der Waals surface area (Å²) in [6, 6.07) is 1.76. The van der Waals surface area contributed by atoms with Crippen molar-refractivity contribution >= 4 is 22.4 Å². The van der Waals surface area contributed by atoms with Crippen molar-refractivity contribution in [3.8, 4) is 0 Å². The standard InChI is InChI=1S/C9H11N5O2S/c1-5-3-6(16-14-5)4-11-7(15)8-12-13-9(10-2)17-8/h3H,4H2,1-2H3,(H,10,13)(H,11,15). The number of carbonyl (C=O) groups excluding carboxylic acids is 1. The van der Waals surface area contributed by atoms with E-state index in [2.05, 4.69) is 26.0 Å². The Kier molecular flexibility index (Phi) is 3.33. The molecule has 0 aliphatic carbocycles. The molecule has 0 aromatic carbocycles. The number of hydrogen-bond donors (Lipinski definition) is 2. The lowest BCUT2D eigenvalue weighted by atomic mass is 10.4. The van der Waals surface area contributed by atoms with Crippen molar-refractivity contribution in [2.75, 3.05) is 12.4 Å². The van der Waals surface area contributed by atoms with E-state index in [0.29, 0.717) is 15.9 Å². The SMILES string of the molecule is CNc1nnc(C(=O)NCc2cc(C)no2)s1. The first-order valence-electron chi connectivity index (χ1n) is 4.90. The fraction of sp³-hybridized carbons (Fsp3) is 0.333. The summed E-state index contributed by atoms with van der Waals surface area (Å²) in [5.41, 5.74) is 0.780. The zero-order chi connectivity index (χ0) is 12.3. The van der Waals surface area contributed by atoms with Gasteiger partial charge in [-0.3, -0.25) is 4.79 Å². The first-order valence-corrected chi connectivity index (χ1v) is 5.72. The zero-order valence-corrected chi connectivity index (χ0v) is 10.2. The maximum atomic E-state index is 11.7. The number of aromatic nitrogens is 3. The molecule has 0 atom stereocenters. The predicted octanol–water partition coefficient (Wildman–Crippen LogP) is 0.806. The molecule has 2 N–H and O–H groups in total. The Hall–Kier alpha value is -1.96. The molecule has 8 heteroatoms. The molecule has 0 bridgehead atoms. The number of amides is 1. The van der Waals surface area contributed by atoms with Gasteiger partial charge in [-0.25, -0.2) is 0 Å². The van der Waals surface area contributed by atoms with Gasteiger partial charge in [-0.2, -0.15) is 0 Å². The number of hydrogen-bond acceptors (Lipinski definition) is 7. The van der Waals surface area contributed by atoms with E-state index in [0.717, 1.165) is 5.69 Å². The van der Waals surface area contributed by atoms with E-state index < -0.39 is 0 Å². The minimum atomic E-state index is -0.280. The Labute approximate surface area is 101 Å². The van der Waals surface area contributed by atoms with Crippen molar-refractivity contribution in [3.63, 3.8) is 0 Å². The van der Waals surface area contributed by atoms with Gasteiger partial charge in [0, 0.05) is 13.1 Å². The molecular weight excluding hydrogens is 242 g/mol. The molecule has 0 saturated carbocycles. The number of nitrogens with zero attached hydrogens (tertiary/aromatic N) is 3. The van der Waals surface area contributed by atoms with Crippen LogP contribution in [0.2, 0.25) is 0 Å². The van der Waals surface area contributed by atoms with Crippen LogP contribution < -0.4 is 10.6 Å². The minimum Gasteiger partial charge on any atom is -0.363 e. The smallest absolute Gasteiger partial charge is 0.282 e. The lowest BCUT2D eigenvalue weighted by molar-refractivity contribution is 0.0946. The zero-order valence-electron chi connectivity index (χ0n) is 9.35. The van der Waals surface area contributed by atoms with Gasteiger partial charge in [-0.1, -0.05) is 16.5 Å². The van der Waals surface area contributed by atoms with E-state index in [9.17, 15) is 4.79 Å². The average Bonchev–Trinajstić information content (AvgIpc) is 2.94. The van der Waals surface area contributed by atoms with Gasteiger partial charge < -0.3 is 15.2 Å². The quantitative estimate of drug-likeness (QED) is 0.837. The summed E-state index contributed by atoms with van der Waals surface area (Å²) in [7, 11) is 1.72. The van der Waals surface area contributed by atoms with Crippen molar-refractivity contribution in [3.05, 3.63) is 22.5 Å². The number of anilines is 1. The molecule has 2 heterocycles.